The predicted molar refractivity (Wildman–Crippen MR) is 86.0 cm³/mol. The average molecular weight is 318 g/mol. The number of nitrogens with one attached hydrogen (secondary N) is 1. The molecule has 1 aromatic carbocycles. The van der Waals surface area contributed by atoms with Crippen LogP contribution < -0.4 is 5.32 Å². The second kappa shape index (κ2) is 7.70. The Balaban J connectivity index is 2.16. The van der Waals surface area contributed by atoms with Crippen LogP contribution in [0.4, 0.5) is 0 Å². The van der Waals surface area contributed by atoms with Crippen LogP contribution in [0.1, 0.15) is 36.7 Å². The summed E-state index contributed by atoms with van der Waals surface area (Å²) in [6.07, 6.45) is 2.05. The third-order valence-corrected chi connectivity index (χ3v) is 4.14. The van der Waals surface area contributed by atoms with Crippen molar-refractivity contribution < 1.29 is 14.7 Å². The molecule has 0 aliphatic rings. The number of nitrogens with zero attached hydrogens (tertiary/aromatic N) is 1. The molecule has 0 saturated carbocycles. The highest BCUT2D eigenvalue weighted by molar-refractivity contribution is 7.13. The topological polar surface area (TPSA) is 79.3 Å². The number of carboxylic acids is 1. The smallest absolute Gasteiger partial charge is 0.326 e. The average Bonchev–Trinajstić information content (AvgIpc) is 3.01. The lowest BCUT2D eigenvalue weighted by atomic mass is 10.1. The van der Waals surface area contributed by atoms with Crippen LogP contribution in [0.15, 0.2) is 35.8 Å². The van der Waals surface area contributed by atoms with Gasteiger partial charge in [0.25, 0.3) is 5.91 Å². The number of benzene rings is 1. The normalized spacial score (nSPS) is 11.9. The number of thiazole rings is 1. The number of rotatable bonds is 7. The molecule has 5 nitrogen and oxygen atoms in total. The molecule has 0 spiro atoms. The first kappa shape index (κ1) is 16.2. The zero-order chi connectivity index (χ0) is 15.9. The summed E-state index contributed by atoms with van der Waals surface area (Å²) in [7, 11) is 0. The molecule has 0 unspecified atom stereocenters. The van der Waals surface area contributed by atoms with E-state index >= 15 is 0 Å². The highest BCUT2D eigenvalue weighted by atomic mass is 32.1. The molecule has 0 aliphatic carbocycles. The van der Waals surface area contributed by atoms with Gasteiger partial charge in [0, 0.05) is 0 Å². The van der Waals surface area contributed by atoms with E-state index in [2.05, 4.69) is 10.3 Å². The molecule has 1 atom stereocenters. The van der Waals surface area contributed by atoms with Crippen molar-refractivity contribution in [3.63, 3.8) is 0 Å². The lowest BCUT2D eigenvalue weighted by Gasteiger charge is -2.13. The third kappa shape index (κ3) is 3.92. The maximum Gasteiger partial charge on any atom is 0.326 e. The van der Waals surface area contributed by atoms with Gasteiger partial charge in [0.05, 0.1) is 10.4 Å². The van der Waals surface area contributed by atoms with Crippen molar-refractivity contribution in [3.8, 4) is 10.4 Å². The summed E-state index contributed by atoms with van der Waals surface area (Å²) in [6, 6.07) is 8.59. The Kier molecular flexibility index (Phi) is 5.66. The number of unbranched alkanes of at least 4 members (excludes halogenated alkanes) is 1. The van der Waals surface area contributed by atoms with Gasteiger partial charge in [0.1, 0.15) is 11.7 Å². The Labute approximate surface area is 133 Å². The van der Waals surface area contributed by atoms with Gasteiger partial charge >= 0.3 is 5.97 Å². The summed E-state index contributed by atoms with van der Waals surface area (Å²) >= 11 is 1.36. The van der Waals surface area contributed by atoms with Crippen molar-refractivity contribution in [1.29, 1.82) is 0 Å². The van der Waals surface area contributed by atoms with Crippen LogP contribution in [0.2, 0.25) is 0 Å². The molecule has 0 aliphatic heterocycles. The van der Waals surface area contributed by atoms with Crippen molar-refractivity contribution >= 4 is 23.2 Å². The van der Waals surface area contributed by atoms with Gasteiger partial charge in [-0.1, -0.05) is 50.1 Å². The highest BCUT2D eigenvalue weighted by Gasteiger charge is 2.23. The van der Waals surface area contributed by atoms with Gasteiger partial charge in [-0.2, -0.15) is 0 Å². The zero-order valence-corrected chi connectivity index (χ0v) is 13.1. The fourth-order valence-electron chi connectivity index (χ4n) is 2.09. The number of carbonyl (C=O) groups is 2. The van der Waals surface area contributed by atoms with Crippen molar-refractivity contribution in [3.05, 3.63) is 41.5 Å². The lowest BCUT2D eigenvalue weighted by Crippen LogP contribution is -2.41. The molecule has 0 saturated heterocycles. The van der Waals surface area contributed by atoms with Gasteiger partial charge in [-0.15, -0.1) is 11.3 Å². The SMILES string of the molecule is CCCC[C@H](NC(=O)c1ncsc1-c1ccccc1)C(=O)O. The Morgan fingerprint density at radius 1 is 1.32 bits per heavy atom. The number of aliphatic carboxylic acids is 1. The first-order valence-corrected chi connectivity index (χ1v) is 8.04. The second-order valence-electron chi connectivity index (χ2n) is 4.90. The molecule has 116 valence electrons. The summed E-state index contributed by atoms with van der Waals surface area (Å²) in [5, 5.41) is 11.8. The van der Waals surface area contributed by atoms with Gasteiger partial charge in [0.15, 0.2) is 0 Å². The van der Waals surface area contributed by atoms with E-state index in [1.54, 1.807) is 5.51 Å². The summed E-state index contributed by atoms with van der Waals surface area (Å²) in [4.78, 5) is 28.4. The highest BCUT2D eigenvalue weighted by Crippen LogP contribution is 2.27. The number of hydrogen-bond donors (Lipinski definition) is 2. The summed E-state index contributed by atoms with van der Waals surface area (Å²) in [5.41, 5.74) is 2.77. The predicted octanol–water partition coefficient (Wildman–Crippen LogP) is 3.18. The Morgan fingerprint density at radius 2 is 2.05 bits per heavy atom. The Hall–Kier alpha value is -2.21. The van der Waals surface area contributed by atoms with E-state index in [1.165, 1.54) is 11.3 Å². The monoisotopic (exact) mass is 318 g/mol. The van der Waals surface area contributed by atoms with Crippen molar-refractivity contribution in [2.45, 2.75) is 32.2 Å². The zero-order valence-electron chi connectivity index (χ0n) is 12.3. The van der Waals surface area contributed by atoms with E-state index in [1.807, 2.05) is 37.3 Å². The first-order chi connectivity index (χ1) is 10.6. The fraction of sp³-hybridized carbons (Fsp3) is 0.312. The molecule has 0 radical (unpaired) electrons. The summed E-state index contributed by atoms with van der Waals surface area (Å²) in [6.45, 7) is 1.98. The molecule has 2 aromatic rings. The summed E-state index contributed by atoms with van der Waals surface area (Å²) in [5.74, 6) is -1.46. The maximum absolute atomic E-state index is 12.3. The molecule has 6 heteroatoms. The molecule has 22 heavy (non-hydrogen) atoms. The van der Waals surface area contributed by atoms with E-state index in [0.29, 0.717) is 6.42 Å². The van der Waals surface area contributed by atoms with E-state index < -0.39 is 17.9 Å². The van der Waals surface area contributed by atoms with Crippen LogP contribution in [0.3, 0.4) is 0 Å². The molecule has 1 amide bonds. The largest absolute Gasteiger partial charge is 0.480 e. The van der Waals surface area contributed by atoms with Gasteiger partial charge in [-0.3, -0.25) is 4.79 Å². The van der Waals surface area contributed by atoms with Crippen molar-refractivity contribution in [2.24, 2.45) is 0 Å². The number of aromatic nitrogens is 1. The van der Waals surface area contributed by atoms with E-state index in [0.717, 1.165) is 23.3 Å². The van der Waals surface area contributed by atoms with E-state index in [4.69, 9.17) is 0 Å². The molecular formula is C16H18N2O3S. The second-order valence-corrected chi connectivity index (χ2v) is 5.76. The van der Waals surface area contributed by atoms with Gasteiger partial charge in [0.2, 0.25) is 0 Å². The molecular weight excluding hydrogens is 300 g/mol. The third-order valence-electron chi connectivity index (χ3n) is 3.27. The van der Waals surface area contributed by atoms with Crippen LogP contribution in [-0.2, 0) is 4.79 Å². The lowest BCUT2D eigenvalue weighted by molar-refractivity contribution is -0.139. The van der Waals surface area contributed by atoms with Gasteiger partial charge < -0.3 is 10.4 Å². The Bertz CT molecular complexity index is 640. The molecule has 1 heterocycles. The van der Waals surface area contributed by atoms with Crippen LogP contribution in [0, 0.1) is 0 Å². The molecule has 2 rings (SSSR count). The molecule has 0 bridgehead atoms. The maximum atomic E-state index is 12.3. The van der Waals surface area contributed by atoms with Crippen molar-refractivity contribution in [2.75, 3.05) is 0 Å². The number of carbonyl (C=O) groups excluding carboxylic acids is 1. The van der Waals surface area contributed by atoms with Crippen LogP contribution in [0.25, 0.3) is 10.4 Å². The van der Waals surface area contributed by atoms with E-state index in [9.17, 15) is 14.7 Å². The standard InChI is InChI=1S/C16H18N2O3S/c1-2-3-9-12(16(20)21)18-15(19)13-14(22-10-17-13)11-7-5-4-6-8-11/h4-8,10,12H,2-3,9H2,1H3,(H,18,19)(H,20,21)/t12-/m0/s1. The summed E-state index contributed by atoms with van der Waals surface area (Å²) < 4.78 is 0. The molecule has 0 fully saturated rings. The number of amides is 1. The Morgan fingerprint density at radius 3 is 2.68 bits per heavy atom. The van der Waals surface area contributed by atoms with Crippen LogP contribution >= 0.6 is 11.3 Å². The minimum Gasteiger partial charge on any atom is -0.480 e. The van der Waals surface area contributed by atoms with Crippen LogP contribution in [0.5, 0.6) is 0 Å². The molecule has 1 aromatic heterocycles. The van der Waals surface area contributed by atoms with E-state index in [-0.39, 0.29) is 5.69 Å². The van der Waals surface area contributed by atoms with Gasteiger partial charge in [-0.05, 0) is 12.0 Å². The van der Waals surface area contributed by atoms with Gasteiger partial charge in [-0.25, -0.2) is 9.78 Å². The molecule has 2 N–H and O–H groups in total. The minimum absolute atomic E-state index is 0.277. The number of carboxylic acid groups (broad SMARTS) is 1. The minimum atomic E-state index is -1.02. The number of hydrogen-bond acceptors (Lipinski definition) is 4. The van der Waals surface area contributed by atoms with Crippen LogP contribution in [-0.4, -0.2) is 28.0 Å². The quantitative estimate of drug-likeness (QED) is 0.821. The fourth-order valence-corrected chi connectivity index (χ4v) is 2.89. The first-order valence-electron chi connectivity index (χ1n) is 7.16. The van der Waals surface area contributed by atoms with Crippen molar-refractivity contribution in [1.82, 2.24) is 10.3 Å².